The van der Waals surface area contributed by atoms with Crippen LogP contribution in [0.5, 0.6) is 0 Å². The van der Waals surface area contributed by atoms with Crippen molar-refractivity contribution in [3.8, 4) is 0 Å². The third-order valence-electron chi connectivity index (χ3n) is 2.91. The van der Waals surface area contributed by atoms with E-state index in [1.54, 1.807) is 18.2 Å². The molecule has 0 saturated carbocycles. The smallest absolute Gasteiger partial charge is 0.230 e. The lowest BCUT2D eigenvalue weighted by atomic mass is 10.1. The topological polar surface area (TPSA) is 41.1 Å². The number of nitrogens with one attached hydrogen (secondary N) is 2. The third kappa shape index (κ3) is 4.88. The number of thioether (sulfide) groups is 1. The van der Waals surface area contributed by atoms with Crippen LogP contribution in [0.25, 0.3) is 0 Å². The van der Waals surface area contributed by atoms with Crippen molar-refractivity contribution in [2.75, 3.05) is 18.8 Å². The number of rotatable bonds is 4. The van der Waals surface area contributed by atoms with E-state index in [1.807, 2.05) is 0 Å². The predicted molar refractivity (Wildman–Crippen MR) is 81.2 cm³/mol. The highest BCUT2D eigenvalue weighted by atomic mass is 35.5. The van der Waals surface area contributed by atoms with Gasteiger partial charge in [-0.1, -0.05) is 23.2 Å². The number of amides is 1. The van der Waals surface area contributed by atoms with E-state index in [9.17, 15) is 4.79 Å². The fraction of sp³-hybridized carbons (Fsp3) is 0.462. The summed E-state index contributed by atoms with van der Waals surface area (Å²) in [6.45, 7) is 1.90. The molecular formula is C13H16Cl2N2OS. The number of piperidine rings is 1. The Hall–Kier alpha value is -0.420. The Morgan fingerprint density at radius 3 is 3.05 bits per heavy atom. The van der Waals surface area contributed by atoms with Gasteiger partial charge in [0.1, 0.15) is 0 Å². The summed E-state index contributed by atoms with van der Waals surface area (Å²) in [6, 6.07) is 5.51. The van der Waals surface area contributed by atoms with E-state index in [0.717, 1.165) is 30.8 Å². The van der Waals surface area contributed by atoms with Crippen LogP contribution in [0, 0.1) is 0 Å². The minimum Gasteiger partial charge on any atom is -0.351 e. The largest absolute Gasteiger partial charge is 0.351 e. The molecule has 3 nitrogen and oxygen atoms in total. The van der Waals surface area contributed by atoms with Crippen LogP contribution in [0.1, 0.15) is 12.8 Å². The summed E-state index contributed by atoms with van der Waals surface area (Å²) in [5.41, 5.74) is 0. The van der Waals surface area contributed by atoms with Gasteiger partial charge in [-0.25, -0.2) is 0 Å². The molecule has 1 amide bonds. The summed E-state index contributed by atoms with van der Waals surface area (Å²) in [5.74, 6) is 0.394. The van der Waals surface area contributed by atoms with E-state index >= 15 is 0 Å². The molecule has 0 spiro atoms. The van der Waals surface area contributed by atoms with Crippen LogP contribution in [0.3, 0.4) is 0 Å². The zero-order chi connectivity index (χ0) is 13.7. The second kappa shape index (κ2) is 7.39. The maximum absolute atomic E-state index is 11.8. The average Bonchev–Trinajstić information content (AvgIpc) is 2.41. The Morgan fingerprint density at radius 2 is 2.32 bits per heavy atom. The molecule has 2 rings (SSSR count). The summed E-state index contributed by atoms with van der Waals surface area (Å²) < 4.78 is 0. The molecule has 1 aliphatic rings. The second-order valence-electron chi connectivity index (χ2n) is 4.47. The van der Waals surface area contributed by atoms with E-state index in [-0.39, 0.29) is 11.9 Å². The number of hydrogen-bond acceptors (Lipinski definition) is 3. The van der Waals surface area contributed by atoms with Gasteiger partial charge >= 0.3 is 0 Å². The highest BCUT2D eigenvalue weighted by molar-refractivity contribution is 8.00. The van der Waals surface area contributed by atoms with Crippen molar-refractivity contribution >= 4 is 40.9 Å². The van der Waals surface area contributed by atoms with Gasteiger partial charge in [-0.15, -0.1) is 11.8 Å². The van der Waals surface area contributed by atoms with Crippen molar-refractivity contribution in [3.63, 3.8) is 0 Å². The van der Waals surface area contributed by atoms with Gasteiger partial charge in [-0.2, -0.15) is 0 Å². The fourth-order valence-corrected chi connectivity index (χ4v) is 3.28. The van der Waals surface area contributed by atoms with E-state index in [2.05, 4.69) is 10.6 Å². The molecule has 0 bridgehead atoms. The molecule has 1 atom stereocenters. The molecule has 1 saturated heterocycles. The van der Waals surface area contributed by atoms with E-state index in [4.69, 9.17) is 23.2 Å². The molecular weight excluding hydrogens is 303 g/mol. The van der Waals surface area contributed by atoms with Gasteiger partial charge in [-0.05, 0) is 37.6 Å². The molecule has 1 aromatic rings. The van der Waals surface area contributed by atoms with Crippen molar-refractivity contribution in [1.82, 2.24) is 10.6 Å². The van der Waals surface area contributed by atoms with Gasteiger partial charge in [-0.3, -0.25) is 4.79 Å². The summed E-state index contributed by atoms with van der Waals surface area (Å²) in [7, 11) is 0. The summed E-state index contributed by atoms with van der Waals surface area (Å²) in [5, 5.41) is 7.55. The molecule has 0 aromatic heterocycles. The Labute approximate surface area is 127 Å². The molecule has 2 N–H and O–H groups in total. The first-order valence-corrected chi connectivity index (χ1v) is 7.97. The fourth-order valence-electron chi connectivity index (χ4n) is 1.98. The maximum Gasteiger partial charge on any atom is 0.230 e. The van der Waals surface area contributed by atoms with Crippen molar-refractivity contribution < 1.29 is 4.79 Å². The van der Waals surface area contributed by atoms with Gasteiger partial charge in [0.05, 0.1) is 10.8 Å². The highest BCUT2D eigenvalue weighted by Gasteiger charge is 2.15. The van der Waals surface area contributed by atoms with Crippen LogP contribution in [-0.2, 0) is 4.79 Å². The molecule has 0 radical (unpaired) electrons. The zero-order valence-electron chi connectivity index (χ0n) is 10.4. The van der Waals surface area contributed by atoms with Crippen molar-refractivity contribution in [3.05, 3.63) is 28.2 Å². The van der Waals surface area contributed by atoms with Crippen LogP contribution in [0.4, 0.5) is 0 Å². The standard InChI is InChI=1S/C13H16Cl2N2OS/c14-9-3-4-11(15)12(6-9)19-8-13(18)17-10-2-1-5-16-7-10/h3-4,6,10,16H,1-2,5,7-8H2,(H,17,18)/t10-/m0/s1. The maximum atomic E-state index is 11.8. The lowest BCUT2D eigenvalue weighted by Crippen LogP contribution is -2.46. The first kappa shape index (κ1) is 15.0. The summed E-state index contributed by atoms with van der Waals surface area (Å²) in [4.78, 5) is 12.7. The van der Waals surface area contributed by atoms with Gasteiger partial charge in [0.25, 0.3) is 0 Å². The van der Waals surface area contributed by atoms with Crippen LogP contribution in [-0.4, -0.2) is 30.8 Å². The van der Waals surface area contributed by atoms with E-state index in [1.165, 1.54) is 11.8 Å². The number of halogens is 2. The van der Waals surface area contributed by atoms with Crippen molar-refractivity contribution in [1.29, 1.82) is 0 Å². The number of hydrogen-bond donors (Lipinski definition) is 2. The van der Waals surface area contributed by atoms with Crippen LogP contribution >= 0.6 is 35.0 Å². The van der Waals surface area contributed by atoms with Crippen molar-refractivity contribution in [2.24, 2.45) is 0 Å². The van der Waals surface area contributed by atoms with Crippen LogP contribution in [0.2, 0.25) is 10.0 Å². The SMILES string of the molecule is O=C(CSc1cc(Cl)ccc1Cl)N[C@H]1CCCNC1. The van der Waals surface area contributed by atoms with Crippen molar-refractivity contribution in [2.45, 2.75) is 23.8 Å². The minimum absolute atomic E-state index is 0.0368. The number of carbonyl (C=O) groups is 1. The third-order valence-corrected chi connectivity index (χ3v) is 4.65. The minimum atomic E-state index is 0.0368. The summed E-state index contributed by atoms with van der Waals surface area (Å²) >= 11 is 13.4. The van der Waals surface area contributed by atoms with E-state index < -0.39 is 0 Å². The molecule has 1 heterocycles. The quantitative estimate of drug-likeness (QED) is 0.839. The van der Waals surface area contributed by atoms with Crippen LogP contribution in [0.15, 0.2) is 23.1 Å². The molecule has 1 aliphatic heterocycles. The van der Waals surface area contributed by atoms with E-state index in [0.29, 0.717) is 15.8 Å². The first-order valence-electron chi connectivity index (χ1n) is 6.23. The lowest BCUT2D eigenvalue weighted by Gasteiger charge is -2.23. The average molecular weight is 319 g/mol. The zero-order valence-corrected chi connectivity index (χ0v) is 12.7. The predicted octanol–water partition coefficient (Wildman–Crippen LogP) is 2.95. The highest BCUT2D eigenvalue weighted by Crippen LogP contribution is 2.29. The Morgan fingerprint density at radius 1 is 1.47 bits per heavy atom. The Balaban J connectivity index is 1.81. The van der Waals surface area contributed by atoms with Crippen LogP contribution < -0.4 is 10.6 Å². The van der Waals surface area contributed by atoms with Gasteiger partial charge < -0.3 is 10.6 Å². The molecule has 19 heavy (non-hydrogen) atoms. The molecule has 0 aliphatic carbocycles. The number of benzene rings is 1. The lowest BCUT2D eigenvalue weighted by molar-refractivity contribution is -0.119. The van der Waals surface area contributed by atoms with Gasteiger partial charge in [0.15, 0.2) is 0 Å². The normalized spacial score (nSPS) is 19.2. The Bertz CT molecular complexity index is 450. The molecule has 1 aromatic carbocycles. The van der Waals surface area contributed by atoms with Gasteiger partial charge in [0.2, 0.25) is 5.91 Å². The second-order valence-corrected chi connectivity index (χ2v) is 6.34. The summed E-state index contributed by atoms with van der Waals surface area (Å²) in [6.07, 6.45) is 2.15. The monoisotopic (exact) mass is 318 g/mol. The molecule has 0 unspecified atom stereocenters. The number of carbonyl (C=O) groups excluding carboxylic acids is 1. The Kier molecular flexibility index (Phi) is 5.82. The van der Waals surface area contributed by atoms with Gasteiger partial charge in [0, 0.05) is 22.5 Å². The molecule has 6 heteroatoms. The molecule has 1 fully saturated rings. The first-order chi connectivity index (χ1) is 9.15. The molecule has 104 valence electrons.